The average molecular weight is 304 g/mol. The number of rotatable bonds is 2. The van der Waals surface area contributed by atoms with Crippen molar-refractivity contribution in [3.05, 3.63) is 63.2 Å². The molecule has 1 heterocycles. The normalized spacial score (nSPS) is 17.5. The number of benzene rings is 1. The number of hydrogen-bond donors (Lipinski definition) is 0. The first-order valence-corrected chi connectivity index (χ1v) is 8.24. The zero-order valence-corrected chi connectivity index (χ0v) is 12.6. The van der Waals surface area contributed by atoms with Crippen LogP contribution in [0.15, 0.2) is 56.7 Å². The van der Waals surface area contributed by atoms with Gasteiger partial charge in [0.05, 0.1) is 0 Å². The number of carbonyl (C=O) groups excluding carboxylic acids is 1. The van der Waals surface area contributed by atoms with Gasteiger partial charge >= 0.3 is 0 Å². The molecule has 0 atom stereocenters. The van der Waals surface area contributed by atoms with Gasteiger partial charge in [-0.25, -0.2) is 4.39 Å². The second-order valence-electron chi connectivity index (χ2n) is 4.55. The van der Waals surface area contributed by atoms with Crippen LogP contribution in [0.5, 0.6) is 0 Å². The summed E-state index contributed by atoms with van der Waals surface area (Å²) in [5.41, 5.74) is 1.62. The van der Waals surface area contributed by atoms with Crippen LogP contribution in [0.25, 0.3) is 0 Å². The molecule has 1 aromatic carbocycles. The van der Waals surface area contributed by atoms with Crippen LogP contribution >= 0.6 is 23.5 Å². The lowest BCUT2D eigenvalue weighted by atomic mass is 10.0. The minimum atomic E-state index is -0.304. The van der Waals surface area contributed by atoms with Crippen molar-refractivity contribution >= 4 is 29.3 Å². The van der Waals surface area contributed by atoms with Crippen molar-refractivity contribution in [3.8, 4) is 0 Å². The first kappa shape index (κ1) is 13.7. The highest BCUT2D eigenvalue weighted by molar-refractivity contribution is 8.03. The van der Waals surface area contributed by atoms with Crippen molar-refractivity contribution < 1.29 is 9.18 Å². The third kappa shape index (κ3) is 2.63. The van der Waals surface area contributed by atoms with Gasteiger partial charge in [0, 0.05) is 21.8 Å². The van der Waals surface area contributed by atoms with Crippen LogP contribution in [0.3, 0.4) is 0 Å². The molecule has 1 nitrogen and oxygen atoms in total. The van der Waals surface area contributed by atoms with Gasteiger partial charge in [-0.15, -0.1) is 11.8 Å². The van der Waals surface area contributed by atoms with Gasteiger partial charge in [0.15, 0.2) is 5.78 Å². The number of halogens is 1. The highest BCUT2D eigenvalue weighted by Gasteiger charge is 2.22. The van der Waals surface area contributed by atoms with Crippen LogP contribution in [0, 0.1) is 5.82 Å². The molecule has 1 aliphatic heterocycles. The third-order valence-electron chi connectivity index (χ3n) is 3.17. The highest BCUT2D eigenvalue weighted by Crippen LogP contribution is 2.43. The summed E-state index contributed by atoms with van der Waals surface area (Å²) < 4.78 is 13.4. The van der Waals surface area contributed by atoms with Crippen molar-refractivity contribution in [2.45, 2.75) is 18.2 Å². The largest absolute Gasteiger partial charge is 0.289 e. The van der Waals surface area contributed by atoms with E-state index >= 15 is 0 Å². The Balaban J connectivity index is 2.02. The van der Waals surface area contributed by atoms with Gasteiger partial charge in [0.25, 0.3) is 0 Å². The van der Waals surface area contributed by atoms with E-state index in [4.69, 9.17) is 0 Å². The molecule has 0 amide bonds. The fourth-order valence-electron chi connectivity index (χ4n) is 2.25. The summed E-state index contributed by atoms with van der Waals surface area (Å²) in [5.74, 6) is 0.685. The Labute approximate surface area is 126 Å². The molecule has 1 aromatic rings. The van der Waals surface area contributed by atoms with E-state index in [0.29, 0.717) is 10.5 Å². The minimum absolute atomic E-state index is 0.0337. The standard InChI is InChI=1S/C16H13FOS2/c1-2-19-12-4-6-15-10(7-12)8-14(18)13-5-3-11(17)9-16(13)20-15/h3-6,8-9H,2,7H2,1H3. The molecule has 0 N–H and O–H groups in total. The SMILES string of the molecule is CCSC1=CC=C2Sc3cc(F)ccc3C(=O)C=C2C1. The Morgan fingerprint density at radius 3 is 3.00 bits per heavy atom. The van der Waals surface area contributed by atoms with Crippen molar-refractivity contribution in [1.82, 2.24) is 0 Å². The van der Waals surface area contributed by atoms with Crippen molar-refractivity contribution in [2.24, 2.45) is 0 Å². The first-order chi connectivity index (χ1) is 9.67. The summed E-state index contributed by atoms with van der Waals surface area (Å²) in [5, 5.41) is 0. The molecular formula is C16H13FOS2. The van der Waals surface area contributed by atoms with Crippen LogP contribution in [0.1, 0.15) is 23.7 Å². The monoisotopic (exact) mass is 304 g/mol. The Bertz CT molecular complexity index is 671. The van der Waals surface area contributed by atoms with E-state index in [1.807, 2.05) is 6.08 Å². The molecule has 0 fully saturated rings. The fourth-order valence-corrected chi connectivity index (χ4v) is 4.13. The summed E-state index contributed by atoms with van der Waals surface area (Å²) in [6.45, 7) is 2.12. The van der Waals surface area contributed by atoms with E-state index in [1.54, 1.807) is 23.9 Å². The van der Waals surface area contributed by atoms with Crippen molar-refractivity contribution in [2.75, 3.05) is 5.75 Å². The van der Waals surface area contributed by atoms with Crippen LogP contribution in [0.2, 0.25) is 0 Å². The van der Waals surface area contributed by atoms with Crippen LogP contribution in [-0.4, -0.2) is 11.5 Å². The molecule has 0 radical (unpaired) electrons. The molecule has 20 heavy (non-hydrogen) atoms. The Morgan fingerprint density at radius 1 is 1.35 bits per heavy atom. The summed E-state index contributed by atoms with van der Waals surface area (Å²) in [4.78, 5) is 15.3. The molecule has 0 saturated heterocycles. The van der Waals surface area contributed by atoms with Crippen molar-refractivity contribution in [3.63, 3.8) is 0 Å². The highest BCUT2D eigenvalue weighted by atomic mass is 32.2. The van der Waals surface area contributed by atoms with Crippen molar-refractivity contribution in [1.29, 1.82) is 0 Å². The van der Waals surface area contributed by atoms with Gasteiger partial charge in [-0.3, -0.25) is 4.79 Å². The molecule has 0 spiro atoms. The lowest BCUT2D eigenvalue weighted by Crippen LogP contribution is -1.98. The van der Waals surface area contributed by atoms with Gasteiger partial charge in [0.1, 0.15) is 5.82 Å². The summed E-state index contributed by atoms with van der Waals surface area (Å²) in [6.07, 6.45) is 6.62. The number of carbonyl (C=O) groups is 1. The van der Waals surface area contributed by atoms with Crippen LogP contribution in [0.4, 0.5) is 4.39 Å². The summed E-state index contributed by atoms with van der Waals surface area (Å²) in [6, 6.07) is 4.36. The lowest BCUT2D eigenvalue weighted by molar-refractivity contribution is 0.104. The average Bonchev–Trinajstić information content (AvgIpc) is 2.54. The van der Waals surface area contributed by atoms with Gasteiger partial charge < -0.3 is 0 Å². The molecule has 0 unspecified atom stereocenters. The van der Waals surface area contributed by atoms with Gasteiger partial charge in [0.2, 0.25) is 0 Å². The second-order valence-corrected chi connectivity index (χ2v) is 7.02. The quantitative estimate of drug-likeness (QED) is 0.768. The second kappa shape index (κ2) is 5.62. The smallest absolute Gasteiger partial charge is 0.187 e. The Morgan fingerprint density at radius 2 is 2.20 bits per heavy atom. The lowest BCUT2D eigenvalue weighted by Gasteiger charge is -2.15. The van der Waals surface area contributed by atoms with E-state index in [1.165, 1.54) is 28.8 Å². The molecule has 2 aliphatic rings. The van der Waals surface area contributed by atoms with E-state index in [2.05, 4.69) is 13.0 Å². The molecule has 0 bridgehead atoms. The van der Waals surface area contributed by atoms with E-state index in [9.17, 15) is 9.18 Å². The van der Waals surface area contributed by atoms with Crippen LogP contribution in [-0.2, 0) is 0 Å². The zero-order valence-electron chi connectivity index (χ0n) is 11.0. The van der Waals surface area contributed by atoms with Gasteiger partial charge in [-0.2, -0.15) is 0 Å². The van der Waals surface area contributed by atoms with E-state index in [0.717, 1.165) is 22.7 Å². The number of allylic oxidation sites excluding steroid dienone is 5. The molecular weight excluding hydrogens is 291 g/mol. The van der Waals surface area contributed by atoms with E-state index < -0.39 is 0 Å². The number of hydrogen-bond acceptors (Lipinski definition) is 3. The topological polar surface area (TPSA) is 17.1 Å². The van der Waals surface area contributed by atoms with Gasteiger partial charge in [-0.1, -0.05) is 24.8 Å². The zero-order chi connectivity index (χ0) is 14.1. The predicted molar refractivity (Wildman–Crippen MR) is 83.6 cm³/mol. The molecule has 3 rings (SSSR count). The molecule has 4 heteroatoms. The fraction of sp³-hybridized carbons (Fsp3) is 0.188. The first-order valence-electron chi connectivity index (χ1n) is 6.43. The number of thioether (sulfide) groups is 2. The minimum Gasteiger partial charge on any atom is -0.289 e. The molecule has 0 aromatic heterocycles. The predicted octanol–water partition coefficient (Wildman–Crippen LogP) is 4.97. The summed E-state index contributed by atoms with van der Waals surface area (Å²) >= 11 is 3.28. The number of ketones is 1. The third-order valence-corrected chi connectivity index (χ3v) is 5.28. The maximum Gasteiger partial charge on any atom is 0.187 e. The van der Waals surface area contributed by atoms with E-state index in [-0.39, 0.29) is 11.6 Å². The molecule has 0 saturated carbocycles. The maximum atomic E-state index is 13.4. The van der Waals surface area contributed by atoms with Crippen LogP contribution < -0.4 is 0 Å². The number of fused-ring (bicyclic) bond motifs is 2. The Kier molecular flexibility index (Phi) is 3.85. The molecule has 102 valence electrons. The summed E-state index contributed by atoms with van der Waals surface area (Å²) in [7, 11) is 0. The molecule has 1 aliphatic carbocycles. The Hall–Kier alpha value is -1.26. The maximum absolute atomic E-state index is 13.4. The van der Waals surface area contributed by atoms with Gasteiger partial charge in [-0.05, 0) is 46.6 Å².